The molecule has 0 unspecified atom stereocenters. The third-order valence-corrected chi connectivity index (χ3v) is 4.65. The lowest BCUT2D eigenvalue weighted by Gasteiger charge is -2.21. The van der Waals surface area contributed by atoms with E-state index in [-0.39, 0.29) is 11.7 Å². The number of nitrogens with one attached hydrogen (secondary N) is 1. The van der Waals surface area contributed by atoms with Gasteiger partial charge in [-0.1, -0.05) is 36.4 Å². The highest BCUT2D eigenvalue weighted by molar-refractivity contribution is 5.78. The fourth-order valence-electron chi connectivity index (χ4n) is 3.09. The van der Waals surface area contributed by atoms with Gasteiger partial charge in [0, 0.05) is 24.7 Å². The quantitative estimate of drug-likeness (QED) is 0.750. The summed E-state index contributed by atoms with van der Waals surface area (Å²) in [5.41, 5.74) is 1.71. The number of para-hydroxylation sites is 1. The lowest BCUT2D eigenvalue weighted by Crippen LogP contribution is -2.39. The van der Waals surface area contributed by atoms with E-state index in [1.807, 2.05) is 30.3 Å². The van der Waals surface area contributed by atoms with E-state index in [1.165, 1.54) is 6.07 Å². The van der Waals surface area contributed by atoms with Gasteiger partial charge in [0.1, 0.15) is 11.6 Å². The van der Waals surface area contributed by atoms with E-state index >= 15 is 0 Å². The van der Waals surface area contributed by atoms with E-state index < -0.39 is 0 Å². The minimum atomic E-state index is -0.213. The SMILES string of the molecule is COc1ccccc1CCNC(=O)CN(Cc1ccccc1F)C1CC1. The summed E-state index contributed by atoms with van der Waals surface area (Å²) in [6.45, 7) is 1.32. The molecule has 5 heteroatoms. The first kappa shape index (κ1) is 18.4. The largest absolute Gasteiger partial charge is 0.496 e. The van der Waals surface area contributed by atoms with Crippen molar-refractivity contribution in [2.45, 2.75) is 31.8 Å². The first-order valence-corrected chi connectivity index (χ1v) is 9.03. The number of amides is 1. The van der Waals surface area contributed by atoms with Gasteiger partial charge >= 0.3 is 0 Å². The molecule has 1 aliphatic rings. The molecule has 1 aliphatic carbocycles. The van der Waals surface area contributed by atoms with Crippen LogP contribution in [0.1, 0.15) is 24.0 Å². The lowest BCUT2D eigenvalue weighted by atomic mass is 10.1. The first-order chi connectivity index (χ1) is 12.7. The van der Waals surface area contributed by atoms with Gasteiger partial charge in [-0.25, -0.2) is 4.39 Å². The summed E-state index contributed by atoms with van der Waals surface area (Å²) in [6, 6.07) is 15.0. The maximum Gasteiger partial charge on any atom is 0.234 e. The maximum atomic E-state index is 13.9. The van der Waals surface area contributed by atoms with E-state index in [1.54, 1.807) is 19.2 Å². The molecule has 0 aromatic heterocycles. The molecule has 138 valence electrons. The van der Waals surface area contributed by atoms with Crippen molar-refractivity contribution in [1.82, 2.24) is 10.2 Å². The molecule has 0 aliphatic heterocycles. The summed E-state index contributed by atoms with van der Waals surface area (Å²) in [4.78, 5) is 14.4. The fraction of sp³-hybridized carbons (Fsp3) is 0.381. The van der Waals surface area contributed by atoms with E-state index in [0.717, 1.165) is 24.2 Å². The molecule has 1 saturated carbocycles. The van der Waals surface area contributed by atoms with Crippen LogP contribution in [-0.4, -0.2) is 37.0 Å². The van der Waals surface area contributed by atoms with Crippen molar-refractivity contribution in [3.63, 3.8) is 0 Å². The van der Waals surface area contributed by atoms with Gasteiger partial charge in [0.25, 0.3) is 0 Å². The van der Waals surface area contributed by atoms with Crippen LogP contribution < -0.4 is 10.1 Å². The zero-order chi connectivity index (χ0) is 18.4. The summed E-state index contributed by atoms with van der Waals surface area (Å²) in [7, 11) is 1.65. The summed E-state index contributed by atoms with van der Waals surface area (Å²) in [6.07, 6.45) is 2.86. The van der Waals surface area contributed by atoms with Gasteiger partial charge in [-0.15, -0.1) is 0 Å². The molecule has 1 amide bonds. The Labute approximate surface area is 154 Å². The van der Waals surface area contributed by atoms with E-state index in [9.17, 15) is 9.18 Å². The minimum absolute atomic E-state index is 0.0249. The fourth-order valence-corrected chi connectivity index (χ4v) is 3.09. The molecule has 1 N–H and O–H groups in total. The molecule has 26 heavy (non-hydrogen) atoms. The zero-order valence-electron chi connectivity index (χ0n) is 15.1. The standard InChI is InChI=1S/C21H25FN2O2/c1-26-20-9-5-3-6-16(20)12-13-23-21(25)15-24(18-10-11-18)14-17-7-2-4-8-19(17)22/h2-9,18H,10-15H2,1H3,(H,23,25). The lowest BCUT2D eigenvalue weighted by molar-refractivity contribution is -0.122. The van der Waals surface area contributed by atoms with E-state index in [4.69, 9.17) is 4.74 Å². The van der Waals surface area contributed by atoms with Crippen LogP contribution in [0.25, 0.3) is 0 Å². The summed E-state index contributed by atoms with van der Waals surface area (Å²) in [5, 5.41) is 2.97. The van der Waals surface area contributed by atoms with Crippen molar-refractivity contribution < 1.29 is 13.9 Å². The number of methoxy groups -OCH3 is 1. The van der Waals surface area contributed by atoms with Crippen molar-refractivity contribution in [1.29, 1.82) is 0 Å². The topological polar surface area (TPSA) is 41.6 Å². The number of ether oxygens (including phenoxy) is 1. The van der Waals surface area contributed by atoms with Gasteiger partial charge in [-0.3, -0.25) is 9.69 Å². The molecule has 0 bridgehead atoms. The van der Waals surface area contributed by atoms with Gasteiger partial charge in [-0.05, 0) is 37.0 Å². The van der Waals surface area contributed by atoms with Crippen molar-refractivity contribution >= 4 is 5.91 Å². The number of halogens is 1. The first-order valence-electron chi connectivity index (χ1n) is 9.03. The number of rotatable bonds is 9. The molecule has 0 atom stereocenters. The number of hydrogen-bond acceptors (Lipinski definition) is 3. The Hall–Kier alpha value is -2.40. The van der Waals surface area contributed by atoms with Crippen LogP contribution in [0.15, 0.2) is 48.5 Å². The number of carbonyl (C=O) groups excluding carboxylic acids is 1. The average Bonchev–Trinajstić information content (AvgIpc) is 3.48. The van der Waals surface area contributed by atoms with Gasteiger partial charge in [0.05, 0.1) is 13.7 Å². The predicted molar refractivity (Wildman–Crippen MR) is 99.5 cm³/mol. The molecule has 0 spiro atoms. The summed E-state index contributed by atoms with van der Waals surface area (Å²) < 4.78 is 19.2. The van der Waals surface area contributed by atoms with Gasteiger partial charge in [0.15, 0.2) is 0 Å². The molecule has 0 radical (unpaired) electrons. The molecule has 4 nitrogen and oxygen atoms in total. The Bertz CT molecular complexity index is 746. The minimum Gasteiger partial charge on any atom is -0.496 e. The molecular formula is C21H25FN2O2. The maximum absolute atomic E-state index is 13.9. The Morgan fingerprint density at radius 3 is 2.54 bits per heavy atom. The smallest absolute Gasteiger partial charge is 0.234 e. The number of nitrogens with zero attached hydrogens (tertiary/aromatic N) is 1. The van der Waals surface area contributed by atoms with Crippen LogP contribution in [0.4, 0.5) is 4.39 Å². The summed E-state index contributed by atoms with van der Waals surface area (Å²) >= 11 is 0. The van der Waals surface area contributed by atoms with Crippen LogP contribution >= 0.6 is 0 Å². The monoisotopic (exact) mass is 356 g/mol. The Kier molecular flexibility index (Phi) is 6.23. The van der Waals surface area contributed by atoms with Gasteiger partial charge in [0.2, 0.25) is 5.91 Å². The third kappa shape index (κ3) is 5.05. The van der Waals surface area contributed by atoms with Crippen molar-refractivity contribution in [3.8, 4) is 5.75 Å². The summed E-state index contributed by atoms with van der Waals surface area (Å²) in [5.74, 6) is 0.596. The Morgan fingerprint density at radius 1 is 1.15 bits per heavy atom. The normalized spacial score (nSPS) is 13.7. The number of hydrogen-bond donors (Lipinski definition) is 1. The van der Waals surface area contributed by atoms with Crippen molar-refractivity contribution in [3.05, 3.63) is 65.5 Å². The molecule has 1 fully saturated rings. The molecule has 0 heterocycles. The van der Waals surface area contributed by atoms with Crippen LogP contribution in [0.5, 0.6) is 5.75 Å². The van der Waals surface area contributed by atoms with Gasteiger partial charge in [-0.2, -0.15) is 0 Å². The molecule has 2 aromatic rings. The second kappa shape index (κ2) is 8.81. The number of benzene rings is 2. The van der Waals surface area contributed by atoms with Crippen molar-refractivity contribution in [2.75, 3.05) is 20.2 Å². The average molecular weight is 356 g/mol. The second-order valence-electron chi connectivity index (χ2n) is 6.64. The van der Waals surface area contributed by atoms with Gasteiger partial charge < -0.3 is 10.1 Å². The molecule has 2 aromatic carbocycles. The highest BCUT2D eigenvalue weighted by Crippen LogP contribution is 2.28. The highest BCUT2D eigenvalue weighted by Gasteiger charge is 2.30. The molecular weight excluding hydrogens is 331 g/mol. The van der Waals surface area contributed by atoms with Crippen LogP contribution in [0.3, 0.4) is 0 Å². The van der Waals surface area contributed by atoms with E-state index in [0.29, 0.717) is 37.7 Å². The molecule has 0 saturated heterocycles. The Balaban J connectivity index is 1.50. The van der Waals surface area contributed by atoms with Crippen molar-refractivity contribution in [2.24, 2.45) is 0 Å². The zero-order valence-corrected chi connectivity index (χ0v) is 15.1. The van der Waals surface area contributed by atoms with Crippen LogP contribution in [-0.2, 0) is 17.8 Å². The molecule has 3 rings (SSSR count). The third-order valence-electron chi connectivity index (χ3n) is 4.65. The highest BCUT2D eigenvalue weighted by atomic mass is 19.1. The van der Waals surface area contributed by atoms with E-state index in [2.05, 4.69) is 10.2 Å². The van der Waals surface area contributed by atoms with Crippen LogP contribution in [0, 0.1) is 5.82 Å². The Morgan fingerprint density at radius 2 is 1.85 bits per heavy atom. The van der Waals surface area contributed by atoms with Crippen LogP contribution in [0.2, 0.25) is 0 Å². The predicted octanol–water partition coefficient (Wildman–Crippen LogP) is 3.16. The second-order valence-corrected chi connectivity index (χ2v) is 6.64. The number of carbonyl (C=O) groups is 1.